The van der Waals surface area contributed by atoms with Gasteiger partial charge in [-0.3, -0.25) is 14.7 Å². The van der Waals surface area contributed by atoms with Crippen molar-refractivity contribution < 1.29 is 4.79 Å². The Kier molecular flexibility index (Phi) is 5.73. The molecule has 2 aromatic rings. The van der Waals surface area contributed by atoms with E-state index in [0.717, 1.165) is 17.0 Å². The lowest BCUT2D eigenvalue weighted by molar-refractivity contribution is -0.135. The van der Waals surface area contributed by atoms with E-state index in [1.54, 1.807) is 4.90 Å². The Hall–Kier alpha value is -2.20. The summed E-state index contributed by atoms with van der Waals surface area (Å²) < 4.78 is 0. The van der Waals surface area contributed by atoms with Crippen LogP contribution in [0.15, 0.2) is 36.4 Å². The molecule has 1 atom stereocenters. The fourth-order valence-electron chi connectivity index (χ4n) is 2.95. The predicted octanol–water partition coefficient (Wildman–Crippen LogP) is 3.27. The van der Waals surface area contributed by atoms with E-state index in [1.165, 1.54) is 11.1 Å². The molecule has 0 aliphatic carbocycles. The van der Waals surface area contributed by atoms with Gasteiger partial charge in [0.15, 0.2) is 0 Å². The van der Waals surface area contributed by atoms with Gasteiger partial charge in [-0.1, -0.05) is 29.8 Å². The highest BCUT2D eigenvalue weighted by Gasteiger charge is 2.26. The van der Waals surface area contributed by atoms with Crippen molar-refractivity contribution in [2.45, 2.75) is 33.4 Å². The van der Waals surface area contributed by atoms with Crippen molar-refractivity contribution in [3.05, 3.63) is 64.5 Å². The van der Waals surface area contributed by atoms with Gasteiger partial charge in [0.2, 0.25) is 5.91 Å². The topological polar surface area (TPSA) is 36.4 Å². The van der Waals surface area contributed by atoms with E-state index in [1.807, 2.05) is 76.3 Å². The van der Waals surface area contributed by atoms with Crippen LogP contribution < -0.4 is 0 Å². The molecule has 0 radical (unpaired) electrons. The molecule has 0 spiro atoms. The molecule has 0 unspecified atom stereocenters. The molecule has 128 valence electrons. The molecule has 2 rings (SSSR count). The number of pyridine rings is 1. The number of carbonyl (C=O) groups is 1. The predicted molar refractivity (Wildman–Crippen MR) is 97.8 cm³/mol. The van der Waals surface area contributed by atoms with E-state index in [9.17, 15) is 4.79 Å². The minimum absolute atomic E-state index is 0.0739. The highest BCUT2D eigenvalue weighted by molar-refractivity contribution is 5.83. The maximum Gasteiger partial charge on any atom is 0.244 e. The third-order valence-corrected chi connectivity index (χ3v) is 4.07. The molecule has 0 bridgehead atoms. The summed E-state index contributed by atoms with van der Waals surface area (Å²) in [6.45, 7) is 6.59. The Labute approximate surface area is 145 Å². The van der Waals surface area contributed by atoms with Crippen molar-refractivity contribution in [2.24, 2.45) is 0 Å². The lowest BCUT2D eigenvalue weighted by Crippen LogP contribution is -2.38. The van der Waals surface area contributed by atoms with Crippen LogP contribution in [0.1, 0.15) is 34.1 Å². The molecule has 1 aromatic carbocycles. The van der Waals surface area contributed by atoms with Crippen LogP contribution in [0.4, 0.5) is 0 Å². The van der Waals surface area contributed by atoms with Gasteiger partial charge < -0.3 is 4.90 Å². The first-order chi connectivity index (χ1) is 11.3. The summed E-state index contributed by atoms with van der Waals surface area (Å²) in [7, 11) is 5.71. The van der Waals surface area contributed by atoms with Crippen LogP contribution in [0.5, 0.6) is 0 Å². The van der Waals surface area contributed by atoms with Crippen molar-refractivity contribution >= 4 is 5.91 Å². The lowest BCUT2D eigenvalue weighted by atomic mass is 10.0. The van der Waals surface area contributed by atoms with Crippen molar-refractivity contribution in [3.8, 4) is 0 Å². The third-order valence-electron chi connectivity index (χ3n) is 4.07. The minimum Gasteiger partial charge on any atom is -0.338 e. The molecule has 4 heteroatoms. The standard InChI is InChI=1S/C20H27N3O/c1-14-7-9-17(10-8-14)19(22(4)5)20(24)23(6)13-18-12-15(2)11-16(3)21-18/h7-12,19H,13H2,1-6H3/t19-/m1/s1. The van der Waals surface area contributed by atoms with Crippen molar-refractivity contribution in [1.82, 2.24) is 14.8 Å². The summed E-state index contributed by atoms with van der Waals surface area (Å²) in [6, 6.07) is 11.9. The van der Waals surface area contributed by atoms with Crippen LogP contribution in [0, 0.1) is 20.8 Å². The van der Waals surface area contributed by atoms with Crippen molar-refractivity contribution in [3.63, 3.8) is 0 Å². The molecule has 1 heterocycles. The van der Waals surface area contributed by atoms with Gasteiger partial charge >= 0.3 is 0 Å². The number of benzene rings is 1. The zero-order valence-corrected chi connectivity index (χ0v) is 15.5. The summed E-state index contributed by atoms with van der Waals surface area (Å²) in [5, 5.41) is 0. The van der Waals surface area contributed by atoms with Crippen LogP contribution in [0.3, 0.4) is 0 Å². The molecule has 0 aliphatic rings. The van der Waals surface area contributed by atoms with Crippen LogP contribution in [0.2, 0.25) is 0 Å². The Morgan fingerprint density at radius 1 is 1.00 bits per heavy atom. The fourth-order valence-corrected chi connectivity index (χ4v) is 2.95. The van der Waals surface area contributed by atoms with E-state index in [2.05, 4.69) is 11.9 Å². The molecule has 0 saturated heterocycles. The first-order valence-electron chi connectivity index (χ1n) is 8.20. The van der Waals surface area contributed by atoms with E-state index in [4.69, 9.17) is 0 Å². The lowest BCUT2D eigenvalue weighted by Gasteiger charge is -2.28. The van der Waals surface area contributed by atoms with Crippen molar-refractivity contribution in [1.29, 1.82) is 0 Å². The van der Waals surface area contributed by atoms with Gasteiger partial charge in [0.25, 0.3) is 0 Å². The largest absolute Gasteiger partial charge is 0.338 e. The Balaban J connectivity index is 2.21. The first kappa shape index (κ1) is 18.1. The quantitative estimate of drug-likeness (QED) is 0.846. The summed E-state index contributed by atoms with van der Waals surface area (Å²) in [4.78, 5) is 21.3. The first-order valence-corrected chi connectivity index (χ1v) is 8.20. The van der Waals surface area contributed by atoms with Gasteiger partial charge in [-0.25, -0.2) is 0 Å². The van der Waals surface area contributed by atoms with Gasteiger partial charge in [-0.05, 0) is 58.1 Å². The van der Waals surface area contributed by atoms with Gasteiger partial charge in [-0.15, -0.1) is 0 Å². The number of aromatic nitrogens is 1. The molecule has 24 heavy (non-hydrogen) atoms. The van der Waals surface area contributed by atoms with E-state index in [-0.39, 0.29) is 11.9 Å². The number of carbonyl (C=O) groups excluding carboxylic acids is 1. The summed E-state index contributed by atoms with van der Waals surface area (Å²) in [6.07, 6.45) is 0. The maximum atomic E-state index is 13.0. The number of amides is 1. The van der Waals surface area contributed by atoms with Crippen LogP contribution in [-0.2, 0) is 11.3 Å². The molecule has 4 nitrogen and oxygen atoms in total. The molecule has 0 fully saturated rings. The maximum absolute atomic E-state index is 13.0. The molecular formula is C20H27N3O. The molecule has 0 saturated carbocycles. The van der Waals surface area contributed by atoms with Crippen LogP contribution in [0.25, 0.3) is 0 Å². The normalized spacial score (nSPS) is 12.3. The number of hydrogen-bond acceptors (Lipinski definition) is 3. The number of likely N-dealkylation sites (N-methyl/N-ethyl adjacent to an activating group) is 2. The summed E-state index contributed by atoms with van der Waals surface area (Å²) in [5.41, 5.74) is 5.27. The average Bonchev–Trinajstić information content (AvgIpc) is 2.47. The smallest absolute Gasteiger partial charge is 0.244 e. The Morgan fingerprint density at radius 2 is 1.62 bits per heavy atom. The fraction of sp³-hybridized carbons (Fsp3) is 0.400. The van der Waals surface area contributed by atoms with Gasteiger partial charge in [0.05, 0.1) is 12.2 Å². The number of rotatable bonds is 5. The monoisotopic (exact) mass is 325 g/mol. The second kappa shape index (κ2) is 7.58. The van der Waals surface area contributed by atoms with E-state index < -0.39 is 0 Å². The van der Waals surface area contributed by atoms with Crippen LogP contribution >= 0.6 is 0 Å². The average molecular weight is 325 g/mol. The minimum atomic E-state index is -0.290. The molecule has 1 aromatic heterocycles. The zero-order valence-electron chi connectivity index (χ0n) is 15.5. The zero-order chi connectivity index (χ0) is 17.9. The molecule has 0 N–H and O–H groups in total. The number of nitrogens with zero attached hydrogens (tertiary/aromatic N) is 3. The van der Waals surface area contributed by atoms with E-state index >= 15 is 0 Å². The molecule has 1 amide bonds. The second-order valence-electron chi connectivity index (χ2n) is 6.75. The van der Waals surface area contributed by atoms with Crippen molar-refractivity contribution in [2.75, 3.05) is 21.1 Å². The van der Waals surface area contributed by atoms with E-state index in [0.29, 0.717) is 6.54 Å². The number of aryl methyl sites for hydroxylation is 3. The van der Waals surface area contributed by atoms with Gasteiger partial charge in [-0.2, -0.15) is 0 Å². The highest BCUT2D eigenvalue weighted by Crippen LogP contribution is 2.22. The SMILES string of the molecule is Cc1ccc([C@H](C(=O)N(C)Cc2cc(C)cc(C)n2)N(C)C)cc1. The van der Waals surface area contributed by atoms with Gasteiger partial charge in [0.1, 0.15) is 6.04 Å². The Bertz CT molecular complexity index is 687. The second-order valence-corrected chi connectivity index (χ2v) is 6.75. The number of hydrogen-bond donors (Lipinski definition) is 0. The Morgan fingerprint density at radius 3 is 2.17 bits per heavy atom. The summed E-state index contributed by atoms with van der Waals surface area (Å²) >= 11 is 0. The molecular weight excluding hydrogens is 298 g/mol. The van der Waals surface area contributed by atoms with Gasteiger partial charge in [0, 0.05) is 12.7 Å². The highest BCUT2D eigenvalue weighted by atomic mass is 16.2. The van der Waals surface area contributed by atoms with Crippen LogP contribution in [-0.4, -0.2) is 41.8 Å². The third kappa shape index (κ3) is 4.42. The molecule has 0 aliphatic heterocycles. The summed E-state index contributed by atoms with van der Waals surface area (Å²) in [5.74, 6) is 0.0739.